The lowest BCUT2D eigenvalue weighted by Crippen LogP contribution is -2.22. The zero-order chi connectivity index (χ0) is 24.5. The monoisotopic (exact) mass is 488 g/mol. The van der Waals surface area contributed by atoms with Gasteiger partial charge in [-0.05, 0) is 67.9 Å². The van der Waals surface area contributed by atoms with E-state index in [1.807, 2.05) is 37.3 Å². The number of fused-ring (bicyclic) bond motifs is 1. The number of benzene rings is 3. The van der Waals surface area contributed by atoms with E-state index in [0.717, 1.165) is 11.3 Å². The Morgan fingerprint density at radius 3 is 2.57 bits per heavy atom. The smallest absolute Gasteiger partial charge is 0.266 e. The molecule has 35 heavy (non-hydrogen) atoms. The van der Waals surface area contributed by atoms with Crippen LogP contribution in [0.2, 0.25) is 0 Å². The van der Waals surface area contributed by atoms with Gasteiger partial charge in [0, 0.05) is 5.56 Å². The Kier molecular flexibility index (Phi) is 6.08. The van der Waals surface area contributed by atoms with Gasteiger partial charge in [-0.3, -0.25) is 9.36 Å². The summed E-state index contributed by atoms with van der Waals surface area (Å²) in [4.78, 5) is 18.1. The van der Waals surface area contributed by atoms with E-state index < -0.39 is 5.82 Å². The number of para-hydroxylation sites is 1. The quantitative estimate of drug-likeness (QED) is 0.222. The van der Waals surface area contributed by atoms with E-state index in [4.69, 9.17) is 14.1 Å². The predicted octanol–water partition coefficient (Wildman–Crippen LogP) is 5.75. The highest BCUT2D eigenvalue weighted by molar-refractivity contribution is 7.99. The van der Waals surface area contributed by atoms with E-state index in [1.165, 1.54) is 22.4 Å². The first-order valence-electron chi connectivity index (χ1n) is 10.9. The molecule has 5 rings (SSSR count). The van der Waals surface area contributed by atoms with Crippen LogP contribution < -0.4 is 10.3 Å². The number of nitrogens with zero attached hydrogens (tertiary/aromatic N) is 4. The van der Waals surface area contributed by atoms with Crippen LogP contribution in [-0.4, -0.2) is 26.9 Å². The molecule has 3 aromatic carbocycles. The van der Waals surface area contributed by atoms with Crippen LogP contribution in [0, 0.1) is 12.7 Å². The van der Waals surface area contributed by atoms with Crippen molar-refractivity contribution in [1.29, 1.82) is 0 Å². The lowest BCUT2D eigenvalue weighted by molar-refractivity contribution is 0.415. The van der Waals surface area contributed by atoms with Crippen molar-refractivity contribution in [3.63, 3.8) is 0 Å². The van der Waals surface area contributed by atoms with E-state index in [0.29, 0.717) is 39.1 Å². The second kappa shape index (κ2) is 9.34. The maximum absolute atomic E-state index is 14.4. The van der Waals surface area contributed by atoms with Crippen LogP contribution in [-0.2, 0) is 0 Å². The van der Waals surface area contributed by atoms with Gasteiger partial charge in [0.1, 0.15) is 11.6 Å². The van der Waals surface area contributed by atoms with E-state index in [9.17, 15) is 9.18 Å². The number of hydrogen-bond acceptors (Lipinski definition) is 7. The fourth-order valence-corrected chi connectivity index (χ4v) is 4.55. The minimum Gasteiger partial charge on any atom is -0.497 e. The van der Waals surface area contributed by atoms with Crippen molar-refractivity contribution in [2.24, 2.45) is 0 Å². The fourth-order valence-electron chi connectivity index (χ4n) is 3.60. The maximum atomic E-state index is 14.4. The van der Waals surface area contributed by atoms with E-state index in [1.54, 1.807) is 44.4 Å². The molecule has 1 atom stereocenters. The molecule has 5 aromatic rings. The third-order valence-electron chi connectivity index (χ3n) is 5.57. The van der Waals surface area contributed by atoms with Crippen LogP contribution in [0.15, 0.2) is 81.1 Å². The second-order valence-corrected chi connectivity index (χ2v) is 9.23. The molecule has 0 aliphatic rings. The van der Waals surface area contributed by atoms with Crippen LogP contribution in [0.1, 0.15) is 23.6 Å². The summed E-state index contributed by atoms with van der Waals surface area (Å²) in [5.41, 5.74) is 1.93. The van der Waals surface area contributed by atoms with Gasteiger partial charge in [-0.1, -0.05) is 30.0 Å². The van der Waals surface area contributed by atoms with E-state index in [2.05, 4.69) is 10.2 Å². The summed E-state index contributed by atoms with van der Waals surface area (Å²) in [5, 5.41) is 8.88. The molecule has 0 radical (unpaired) electrons. The molecule has 9 heteroatoms. The van der Waals surface area contributed by atoms with Crippen LogP contribution in [0.4, 0.5) is 4.39 Å². The van der Waals surface area contributed by atoms with Gasteiger partial charge in [0.15, 0.2) is 5.16 Å². The zero-order valence-corrected chi connectivity index (χ0v) is 20.0. The number of rotatable bonds is 6. The van der Waals surface area contributed by atoms with Crippen molar-refractivity contribution in [2.75, 3.05) is 7.11 Å². The lowest BCUT2D eigenvalue weighted by atomic mass is 10.2. The van der Waals surface area contributed by atoms with Gasteiger partial charge in [0.2, 0.25) is 11.8 Å². The standard InChI is InChI=1S/C26H21FN4O3S/c1-15-8-11-18(14-21(15)27)31-25(32)20-6-4-5-7-22(20)28-26(31)35-16(2)23-29-30-24(34-23)17-9-12-19(33-3)13-10-17/h4-14,16H,1-3H3. The summed E-state index contributed by atoms with van der Waals surface area (Å²) in [5.74, 6) is 1.09. The third-order valence-corrected chi connectivity index (χ3v) is 6.61. The molecule has 2 aromatic heterocycles. The minimum absolute atomic E-state index is 0.280. The summed E-state index contributed by atoms with van der Waals surface area (Å²) in [6.45, 7) is 3.56. The van der Waals surface area contributed by atoms with Crippen molar-refractivity contribution in [1.82, 2.24) is 19.7 Å². The number of aromatic nitrogens is 4. The highest BCUT2D eigenvalue weighted by Crippen LogP contribution is 2.35. The molecule has 176 valence electrons. The topological polar surface area (TPSA) is 83.0 Å². The third kappa shape index (κ3) is 4.42. The van der Waals surface area contributed by atoms with Gasteiger partial charge in [-0.25, -0.2) is 9.37 Å². The minimum atomic E-state index is -0.396. The second-order valence-electron chi connectivity index (χ2n) is 7.92. The van der Waals surface area contributed by atoms with E-state index in [-0.39, 0.29) is 10.8 Å². The zero-order valence-electron chi connectivity index (χ0n) is 19.2. The van der Waals surface area contributed by atoms with Crippen molar-refractivity contribution in [3.8, 4) is 22.9 Å². The Hall–Kier alpha value is -3.98. The van der Waals surface area contributed by atoms with Crippen LogP contribution >= 0.6 is 11.8 Å². The summed E-state index contributed by atoms with van der Waals surface area (Å²) < 4.78 is 26.9. The Morgan fingerprint density at radius 1 is 1.06 bits per heavy atom. The van der Waals surface area contributed by atoms with Crippen LogP contribution in [0.3, 0.4) is 0 Å². The first kappa shape index (κ1) is 22.8. The molecule has 0 fully saturated rings. The molecular weight excluding hydrogens is 467 g/mol. The summed E-state index contributed by atoms with van der Waals surface area (Å²) in [6.07, 6.45) is 0. The van der Waals surface area contributed by atoms with Crippen molar-refractivity contribution < 1.29 is 13.5 Å². The molecule has 0 saturated carbocycles. The molecule has 0 spiro atoms. The van der Waals surface area contributed by atoms with Gasteiger partial charge in [0.05, 0.1) is 29.0 Å². The van der Waals surface area contributed by atoms with E-state index >= 15 is 0 Å². The maximum Gasteiger partial charge on any atom is 0.266 e. The molecule has 1 unspecified atom stereocenters. The highest BCUT2D eigenvalue weighted by Gasteiger charge is 2.21. The molecule has 0 saturated heterocycles. The highest BCUT2D eigenvalue weighted by atomic mass is 32.2. The van der Waals surface area contributed by atoms with Crippen molar-refractivity contribution in [2.45, 2.75) is 24.3 Å². The summed E-state index contributed by atoms with van der Waals surface area (Å²) >= 11 is 1.28. The predicted molar refractivity (Wildman–Crippen MR) is 133 cm³/mol. The van der Waals surface area contributed by atoms with Gasteiger partial charge >= 0.3 is 0 Å². The van der Waals surface area contributed by atoms with Gasteiger partial charge < -0.3 is 9.15 Å². The van der Waals surface area contributed by atoms with Gasteiger partial charge in [-0.15, -0.1) is 10.2 Å². The average molecular weight is 489 g/mol. The number of halogens is 1. The molecule has 0 N–H and O–H groups in total. The van der Waals surface area contributed by atoms with Crippen LogP contribution in [0.25, 0.3) is 28.0 Å². The number of methoxy groups -OCH3 is 1. The first-order chi connectivity index (χ1) is 16.9. The molecular formula is C26H21FN4O3S. The molecule has 7 nitrogen and oxygen atoms in total. The van der Waals surface area contributed by atoms with Crippen molar-refractivity contribution >= 4 is 22.7 Å². The Morgan fingerprint density at radius 2 is 1.83 bits per heavy atom. The molecule has 2 heterocycles. The Labute approximate surface area is 204 Å². The van der Waals surface area contributed by atoms with Crippen molar-refractivity contribution in [3.05, 3.63) is 94.4 Å². The number of aryl methyl sites for hydroxylation is 1. The SMILES string of the molecule is COc1ccc(-c2nnc(C(C)Sc3nc4ccccc4c(=O)n3-c3ccc(C)c(F)c3)o2)cc1. The van der Waals surface area contributed by atoms with Gasteiger partial charge in [0.25, 0.3) is 5.56 Å². The average Bonchev–Trinajstić information content (AvgIpc) is 3.37. The largest absolute Gasteiger partial charge is 0.497 e. The molecule has 0 amide bonds. The Balaban J connectivity index is 1.53. The molecule has 0 aliphatic heterocycles. The molecule has 0 aliphatic carbocycles. The Bertz CT molecular complexity index is 1580. The summed E-state index contributed by atoms with van der Waals surface area (Å²) in [6, 6.07) is 19.1. The molecule has 0 bridgehead atoms. The fraction of sp³-hybridized carbons (Fsp3) is 0.154. The van der Waals surface area contributed by atoms with Gasteiger partial charge in [-0.2, -0.15) is 0 Å². The number of ether oxygens (including phenoxy) is 1. The number of hydrogen-bond donors (Lipinski definition) is 0. The van der Waals surface area contributed by atoms with Crippen LogP contribution in [0.5, 0.6) is 5.75 Å². The first-order valence-corrected chi connectivity index (χ1v) is 11.8. The lowest BCUT2D eigenvalue weighted by Gasteiger charge is -2.15. The number of thioether (sulfide) groups is 1. The normalized spacial score (nSPS) is 12.1. The summed E-state index contributed by atoms with van der Waals surface area (Å²) in [7, 11) is 1.60.